The van der Waals surface area contributed by atoms with Gasteiger partial charge in [-0.1, -0.05) is 24.6 Å². The third-order valence-electron chi connectivity index (χ3n) is 3.04. The molecule has 0 aliphatic heterocycles. The largest absolute Gasteiger partial charge is 0.370 e. The minimum absolute atomic E-state index is 0.823. The van der Waals surface area contributed by atoms with Gasteiger partial charge in [-0.2, -0.15) is 11.3 Å². The number of hydrogen-bond acceptors (Lipinski definition) is 3. The Morgan fingerprint density at radius 1 is 1.32 bits per heavy atom. The maximum atomic E-state index is 6.33. The van der Waals surface area contributed by atoms with Crippen molar-refractivity contribution in [3.05, 3.63) is 51.2 Å². The third-order valence-corrected chi connectivity index (χ3v) is 4.13. The molecule has 1 aromatic carbocycles. The van der Waals surface area contributed by atoms with Gasteiger partial charge in [-0.05, 0) is 46.6 Å². The van der Waals surface area contributed by atoms with Crippen LogP contribution in [0.2, 0.25) is 5.02 Å². The molecule has 0 aliphatic rings. The monoisotopic (exact) mass is 294 g/mol. The van der Waals surface area contributed by atoms with Gasteiger partial charge in [0.2, 0.25) is 0 Å². The molecule has 2 nitrogen and oxygen atoms in total. The first-order chi connectivity index (χ1) is 9.20. The Morgan fingerprint density at radius 2 is 2.16 bits per heavy atom. The Labute approximate surface area is 124 Å². The van der Waals surface area contributed by atoms with E-state index in [4.69, 9.17) is 11.6 Å². The molecule has 102 valence electrons. The van der Waals surface area contributed by atoms with Crippen LogP contribution in [0.25, 0.3) is 0 Å². The molecule has 2 aromatic rings. The lowest BCUT2D eigenvalue weighted by molar-refractivity contribution is 0.727. The van der Waals surface area contributed by atoms with Gasteiger partial charge >= 0.3 is 0 Å². The second-order valence-electron chi connectivity index (χ2n) is 4.54. The molecular formula is C15H19ClN2S. The van der Waals surface area contributed by atoms with Crippen molar-refractivity contribution in [2.24, 2.45) is 0 Å². The summed E-state index contributed by atoms with van der Waals surface area (Å²) in [7, 11) is 2.09. The number of rotatable bonds is 6. The minimum atomic E-state index is 0.823. The van der Waals surface area contributed by atoms with E-state index >= 15 is 0 Å². The van der Waals surface area contributed by atoms with Gasteiger partial charge in [0.25, 0.3) is 0 Å². The molecule has 1 heterocycles. The fraction of sp³-hybridized carbons (Fsp3) is 0.333. The first kappa shape index (κ1) is 14.4. The van der Waals surface area contributed by atoms with Gasteiger partial charge < -0.3 is 10.2 Å². The van der Waals surface area contributed by atoms with E-state index in [1.807, 2.05) is 6.07 Å². The second-order valence-corrected chi connectivity index (χ2v) is 5.73. The predicted molar refractivity (Wildman–Crippen MR) is 85.3 cm³/mol. The first-order valence-corrected chi connectivity index (χ1v) is 7.74. The van der Waals surface area contributed by atoms with E-state index in [1.165, 1.54) is 5.56 Å². The van der Waals surface area contributed by atoms with Crippen LogP contribution in [0, 0.1) is 0 Å². The van der Waals surface area contributed by atoms with Crippen molar-refractivity contribution in [2.75, 3.05) is 18.5 Å². The summed E-state index contributed by atoms with van der Waals surface area (Å²) < 4.78 is 0. The molecule has 0 unspecified atom stereocenters. The highest BCUT2D eigenvalue weighted by atomic mass is 35.5. The van der Waals surface area contributed by atoms with Crippen LogP contribution in [0.4, 0.5) is 5.69 Å². The van der Waals surface area contributed by atoms with Crippen LogP contribution < -0.4 is 10.2 Å². The molecule has 19 heavy (non-hydrogen) atoms. The van der Waals surface area contributed by atoms with Crippen molar-refractivity contribution in [3.8, 4) is 0 Å². The molecule has 0 radical (unpaired) electrons. The highest BCUT2D eigenvalue weighted by molar-refractivity contribution is 7.07. The Kier molecular flexibility index (Phi) is 5.25. The summed E-state index contributed by atoms with van der Waals surface area (Å²) in [5.74, 6) is 0. The number of nitrogens with one attached hydrogen (secondary N) is 1. The molecule has 1 aromatic heterocycles. The molecule has 0 atom stereocenters. The lowest BCUT2D eigenvalue weighted by Crippen LogP contribution is -2.16. The molecule has 0 fully saturated rings. The van der Waals surface area contributed by atoms with Gasteiger partial charge in [0, 0.05) is 30.8 Å². The summed E-state index contributed by atoms with van der Waals surface area (Å²) in [4.78, 5) is 2.21. The summed E-state index contributed by atoms with van der Waals surface area (Å²) >= 11 is 8.06. The predicted octanol–water partition coefficient (Wildman–Crippen LogP) is 4.15. The van der Waals surface area contributed by atoms with Crippen LogP contribution in [0.15, 0.2) is 35.0 Å². The summed E-state index contributed by atoms with van der Waals surface area (Å²) in [6.07, 6.45) is 0. The summed E-state index contributed by atoms with van der Waals surface area (Å²) in [6.45, 7) is 4.78. The molecule has 0 bridgehead atoms. The average molecular weight is 295 g/mol. The lowest BCUT2D eigenvalue weighted by atomic mass is 10.2. The first-order valence-electron chi connectivity index (χ1n) is 6.42. The summed E-state index contributed by atoms with van der Waals surface area (Å²) in [5, 5.41) is 8.41. The van der Waals surface area contributed by atoms with E-state index in [0.717, 1.165) is 35.9 Å². The maximum absolute atomic E-state index is 6.33. The zero-order chi connectivity index (χ0) is 13.7. The van der Waals surface area contributed by atoms with Crippen molar-refractivity contribution < 1.29 is 0 Å². The average Bonchev–Trinajstić information content (AvgIpc) is 2.90. The van der Waals surface area contributed by atoms with Crippen LogP contribution in [0.3, 0.4) is 0 Å². The van der Waals surface area contributed by atoms with Gasteiger partial charge in [-0.25, -0.2) is 0 Å². The number of benzene rings is 1. The molecular weight excluding hydrogens is 276 g/mol. The summed E-state index contributed by atoms with van der Waals surface area (Å²) in [5.41, 5.74) is 3.63. The van der Waals surface area contributed by atoms with Crippen molar-refractivity contribution in [1.82, 2.24) is 5.32 Å². The Bertz CT molecular complexity index is 511. The van der Waals surface area contributed by atoms with Crippen LogP contribution in [-0.4, -0.2) is 13.6 Å². The van der Waals surface area contributed by atoms with Crippen molar-refractivity contribution in [2.45, 2.75) is 20.0 Å². The zero-order valence-electron chi connectivity index (χ0n) is 11.3. The van der Waals surface area contributed by atoms with Crippen LogP contribution in [0.5, 0.6) is 0 Å². The van der Waals surface area contributed by atoms with E-state index < -0.39 is 0 Å². The molecule has 0 saturated heterocycles. The fourth-order valence-electron chi connectivity index (χ4n) is 1.92. The minimum Gasteiger partial charge on any atom is -0.370 e. The normalized spacial score (nSPS) is 10.7. The van der Waals surface area contributed by atoms with E-state index in [-0.39, 0.29) is 0 Å². The molecule has 0 saturated carbocycles. The number of anilines is 1. The quantitative estimate of drug-likeness (QED) is 0.861. The van der Waals surface area contributed by atoms with E-state index in [0.29, 0.717) is 0 Å². The van der Waals surface area contributed by atoms with Crippen LogP contribution in [-0.2, 0) is 13.1 Å². The van der Waals surface area contributed by atoms with Gasteiger partial charge in [0.05, 0.1) is 0 Å². The Morgan fingerprint density at radius 3 is 2.79 bits per heavy atom. The molecule has 2 rings (SSSR count). The smallest absolute Gasteiger partial charge is 0.0471 e. The number of hydrogen-bond donors (Lipinski definition) is 1. The maximum Gasteiger partial charge on any atom is 0.0471 e. The van der Waals surface area contributed by atoms with Gasteiger partial charge in [-0.3, -0.25) is 0 Å². The second kappa shape index (κ2) is 6.94. The highest BCUT2D eigenvalue weighted by Gasteiger charge is 2.06. The van der Waals surface area contributed by atoms with E-state index in [9.17, 15) is 0 Å². The van der Waals surface area contributed by atoms with Gasteiger partial charge in [-0.15, -0.1) is 0 Å². The number of nitrogens with zero attached hydrogens (tertiary/aromatic N) is 1. The Hall–Kier alpha value is -1.03. The standard InChI is InChI=1S/C15H19ClN2S/c1-3-17-9-13-4-5-14(8-15(13)16)18(2)10-12-6-7-19-11-12/h4-8,11,17H,3,9-10H2,1-2H3. The molecule has 0 amide bonds. The molecule has 1 N–H and O–H groups in total. The number of thiophene rings is 1. The van der Waals surface area contributed by atoms with Crippen molar-refractivity contribution in [1.29, 1.82) is 0 Å². The highest BCUT2D eigenvalue weighted by Crippen LogP contribution is 2.24. The third kappa shape index (κ3) is 3.96. The SMILES string of the molecule is CCNCc1ccc(N(C)Cc2ccsc2)cc1Cl. The molecule has 0 aliphatic carbocycles. The zero-order valence-corrected chi connectivity index (χ0v) is 12.9. The lowest BCUT2D eigenvalue weighted by Gasteiger charge is -2.19. The topological polar surface area (TPSA) is 15.3 Å². The van der Waals surface area contributed by atoms with Crippen LogP contribution >= 0.6 is 22.9 Å². The van der Waals surface area contributed by atoms with Crippen LogP contribution in [0.1, 0.15) is 18.1 Å². The van der Waals surface area contributed by atoms with E-state index in [2.05, 4.69) is 53.1 Å². The Balaban J connectivity index is 2.06. The number of halogens is 1. The van der Waals surface area contributed by atoms with Gasteiger partial charge in [0.1, 0.15) is 0 Å². The van der Waals surface area contributed by atoms with Crippen molar-refractivity contribution in [3.63, 3.8) is 0 Å². The summed E-state index contributed by atoms with van der Waals surface area (Å²) in [6, 6.07) is 8.43. The fourth-order valence-corrected chi connectivity index (χ4v) is 2.83. The molecule has 4 heteroatoms. The van der Waals surface area contributed by atoms with Gasteiger partial charge in [0.15, 0.2) is 0 Å². The van der Waals surface area contributed by atoms with E-state index in [1.54, 1.807) is 11.3 Å². The van der Waals surface area contributed by atoms with Crippen molar-refractivity contribution >= 4 is 28.6 Å². The molecule has 0 spiro atoms.